The van der Waals surface area contributed by atoms with E-state index in [1.54, 1.807) is 17.9 Å². The Morgan fingerprint density at radius 3 is 2.88 bits per heavy atom. The first-order chi connectivity index (χ1) is 8.08. The van der Waals surface area contributed by atoms with Crippen LogP contribution in [0.25, 0.3) is 0 Å². The first kappa shape index (κ1) is 12.1. The van der Waals surface area contributed by atoms with E-state index >= 15 is 0 Å². The smallest absolute Gasteiger partial charge is 0.338 e. The average Bonchev–Trinajstić information content (AvgIpc) is 2.67. The number of pyridine rings is 1. The SMILES string of the molecule is Cn1ncnc1Sc1ncc(Br)cc1C(=O)O. The van der Waals surface area contributed by atoms with Gasteiger partial charge < -0.3 is 5.11 Å². The second-order valence-electron chi connectivity index (χ2n) is 3.08. The molecular formula is C9H7BrN4O2S. The van der Waals surface area contributed by atoms with Crippen LogP contribution >= 0.6 is 27.7 Å². The van der Waals surface area contributed by atoms with E-state index in [1.165, 1.54) is 12.4 Å². The van der Waals surface area contributed by atoms with Gasteiger partial charge in [0.2, 0.25) is 0 Å². The fraction of sp³-hybridized carbons (Fsp3) is 0.111. The molecule has 2 aromatic rings. The van der Waals surface area contributed by atoms with Gasteiger partial charge in [-0.3, -0.25) is 0 Å². The Kier molecular flexibility index (Phi) is 3.43. The van der Waals surface area contributed by atoms with Gasteiger partial charge in [-0.15, -0.1) is 0 Å². The standard InChI is InChI=1S/C9H7BrN4O2S/c1-14-9(12-4-13-14)17-7-6(8(15)16)2-5(10)3-11-7/h2-4H,1H3,(H,15,16). The van der Waals surface area contributed by atoms with Crippen molar-refractivity contribution in [2.45, 2.75) is 10.2 Å². The van der Waals surface area contributed by atoms with Crippen LogP contribution in [-0.2, 0) is 7.05 Å². The van der Waals surface area contributed by atoms with E-state index in [9.17, 15) is 4.79 Å². The Labute approximate surface area is 109 Å². The zero-order chi connectivity index (χ0) is 12.4. The van der Waals surface area contributed by atoms with Crippen molar-refractivity contribution in [3.05, 3.63) is 28.6 Å². The monoisotopic (exact) mass is 314 g/mol. The third-order valence-electron chi connectivity index (χ3n) is 1.91. The summed E-state index contributed by atoms with van der Waals surface area (Å²) in [5.74, 6) is -1.02. The van der Waals surface area contributed by atoms with Gasteiger partial charge in [-0.2, -0.15) is 5.10 Å². The van der Waals surface area contributed by atoms with Crippen molar-refractivity contribution in [1.29, 1.82) is 0 Å². The number of aromatic carboxylic acids is 1. The van der Waals surface area contributed by atoms with Crippen molar-refractivity contribution < 1.29 is 9.90 Å². The summed E-state index contributed by atoms with van der Waals surface area (Å²) >= 11 is 4.35. The molecule has 2 rings (SSSR count). The van der Waals surface area contributed by atoms with Gasteiger partial charge in [0.1, 0.15) is 11.4 Å². The summed E-state index contributed by atoms with van der Waals surface area (Å²) in [6.45, 7) is 0. The van der Waals surface area contributed by atoms with Crippen molar-refractivity contribution in [2.24, 2.45) is 7.05 Å². The van der Waals surface area contributed by atoms with Gasteiger partial charge in [0.05, 0.1) is 5.56 Å². The zero-order valence-corrected chi connectivity index (χ0v) is 11.1. The maximum absolute atomic E-state index is 11.1. The van der Waals surface area contributed by atoms with Crippen LogP contribution in [0.1, 0.15) is 10.4 Å². The largest absolute Gasteiger partial charge is 0.478 e. The van der Waals surface area contributed by atoms with Crippen molar-refractivity contribution in [3.63, 3.8) is 0 Å². The van der Waals surface area contributed by atoms with E-state index in [0.717, 1.165) is 11.8 Å². The lowest BCUT2D eigenvalue weighted by molar-refractivity contribution is 0.0692. The second kappa shape index (κ2) is 4.84. The summed E-state index contributed by atoms with van der Waals surface area (Å²) in [4.78, 5) is 19.1. The highest BCUT2D eigenvalue weighted by Gasteiger charge is 2.15. The number of hydrogen-bond acceptors (Lipinski definition) is 5. The Morgan fingerprint density at radius 1 is 1.53 bits per heavy atom. The molecule has 8 heteroatoms. The molecule has 0 atom stereocenters. The normalized spacial score (nSPS) is 10.5. The molecule has 0 spiro atoms. The van der Waals surface area contributed by atoms with E-state index < -0.39 is 5.97 Å². The first-order valence-electron chi connectivity index (χ1n) is 4.48. The molecule has 0 fully saturated rings. The van der Waals surface area contributed by atoms with Crippen molar-refractivity contribution in [2.75, 3.05) is 0 Å². The van der Waals surface area contributed by atoms with E-state index in [1.807, 2.05) is 0 Å². The van der Waals surface area contributed by atoms with Crippen LogP contribution in [-0.4, -0.2) is 30.8 Å². The summed E-state index contributed by atoms with van der Waals surface area (Å²) in [6.07, 6.45) is 2.95. The van der Waals surface area contributed by atoms with Crippen molar-refractivity contribution >= 4 is 33.7 Å². The third kappa shape index (κ3) is 2.64. The number of halogens is 1. The van der Waals surface area contributed by atoms with Crippen LogP contribution < -0.4 is 0 Å². The third-order valence-corrected chi connectivity index (χ3v) is 3.41. The number of rotatable bonds is 3. The summed E-state index contributed by atoms with van der Waals surface area (Å²) in [5, 5.41) is 13.9. The molecule has 6 nitrogen and oxygen atoms in total. The highest BCUT2D eigenvalue weighted by Crippen LogP contribution is 2.28. The number of carbonyl (C=O) groups is 1. The first-order valence-corrected chi connectivity index (χ1v) is 6.09. The maximum Gasteiger partial charge on any atom is 0.338 e. The molecule has 88 valence electrons. The van der Waals surface area contributed by atoms with Crippen molar-refractivity contribution in [1.82, 2.24) is 19.7 Å². The van der Waals surface area contributed by atoms with Crippen molar-refractivity contribution in [3.8, 4) is 0 Å². The van der Waals surface area contributed by atoms with E-state index in [0.29, 0.717) is 14.7 Å². The lowest BCUT2D eigenvalue weighted by Crippen LogP contribution is -2.02. The van der Waals surface area contributed by atoms with Crippen LogP contribution in [0.15, 0.2) is 33.2 Å². The predicted molar refractivity (Wildman–Crippen MR) is 64.0 cm³/mol. The minimum absolute atomic E-state index is 0.132. The summed E-state index contributed by atoms with van der Waals surface area (Å²) in [7, 11) is 1.73. The number of carboxylic acids is 1. The van der Waals surface area contributed by atoms with Crippen LogP contribution in [0.3, 0.4) is 0 Å². The quantitative estimate of drug-likeness (QED) is 0.930. The molecule has 0 amide bonds. The molecule has 17 heavy (non-hydrogen) atoms. The predicted octanol–water partition coefficient (Wildman–Crippen LogP) is 1.82. The van der Waals surface area contributed by atoms with E-state index in [4.69, 9.17) is 5.11 Å². The molecule has 2 heterocycles. The topological polar surface area (TPSA) is 80.9 Å². The van der Waals surface area contributed by atoms with Gasteiger partial charge in [-0.1, -0.05) is 0 Å². The Balaban J connectivity index is 2.39. The lowest BCUT2D eigenvalue weighted by atomic mass is 10.3. The van der Waals surface area contributed by atoms with Crippen LogP contribution in [0.5, 0.6) is 0 Å². The molecule has 0 aliphatic carbocycles. The highest BCUT2D eigenvalue weighted by molar-refractivity contribution is 9.10. The number of carboxylic acid groups (broad SMARTS) is 1. The molecule has 0 saturated carbocycles. The average molecular weight is 315 g/mol. The molecule has 0 unspecified atom stereocenters. The Bertz CT molecular complexity index is 572. The van der Waals surface area contributed by atoms with Gasteiger partial charge in [0.25, 0.3) is 0 Å². The van der Waals surface area contributed by atoms with E-state index in [-0.39, 0.29) is 5.56 Å². The number of aromatic nitrogens is 4. The van der Waals surface area contributed by atoms with Gasteiger partial charge in [-0.25, -0.2) is 19.4 Å². The van der Waals surface area contributed by atoms with Gasteiger partial charge in [-0.05, 0) is 33.8 Å². The Hall–Kier alpha value is -1.41. The molecule has 0 aliphatic heterocycles. The van der Waals surface area contributed by atoms with E-state index in [2.05, 4.69) is 31.0 Å². The second-order valence-corrected chi connectivity index (χ2v) is 4.95. The fourth-order valence-electron chi connectivity index (χ4n) is 1.13. The lowest BCUT2D eigenvalue weighted by Gasteiger charge is -2.04. The molecule has 1 N–H and O–H groups in total. The number of nitrogens with zero attached hydrogens (tertiary/aromatic N) is 4. The number of hydrogen-bond donors (Lipinski definition) is 1. The fourth-order valence-corrected chi connectivity index (χ4v) is 2.27. The van der Waals surface area contributed by atoms with Gasteiger partial charge >= 0.3 is 5.97 Å². The minimum Gasteiger partial charge on any atom is -0.478 e. The number of aryl methyl sites for hydroxylation is 1. The molecular weight excluding hydrogens is 308 g/mol. The molecule has 0 aromatic carbocycles. The maximum atomic E-state index is 11.1. The molecule has 0 saturated heterocycles. The highest BCUT2D eigenvalue weighted by atomic mass is 79.9. The zero-order valence-electron chi connectivity index (χ0n) is 8.66. The van der Waals surface area contributed by atoms with Crippen LogP contribution in [0.4, 0.5) is 0 Å². The van der Waals surface area contributed by atoms with Gasteiger partial charge in [0.15, 0.2) is 5.16 Å². The Morgan fingerprint density at radius 2 is 2.29 bits per heavy atom. The molecule has 0 aliphatic rings. The van der Waals surface area contributed by atoms with Gasteiger partial charge in [0, 0.05) is 17.7 Å². The summed E-state index contributed by atoms with van der Waals surface area (Å²) in [6, 6.07) is 1.51. The van der Waals surface area contributed by atoms with Crippen LogP contribution in [0, 0.1) is 0 Å². The van der Waals surface area contributed by atoms with Crippen LogP contribution in [0.2, 0.25) is 0 Å². The molecule has 0 radical (unpaired) electrons. The molecule has 0 bridgehead atoms. The summed E-state index contributed by atoms with van der Waals surface area (Å²) in [5.41, 5.74) is 0.132. The molecule has 2 aromatic heterocycles. The minimum atomic E-state index is -1.02. The summed E-state index contributed by atoms with van der Waals surface area (Å²) < 4.78 is 2.18.